The molecule has 1 aliphatic carbocycles. The van der Waals surface area contributed by atoms with Crippen molar-refractivity contribution >= 4 is 23.0 Å². The first-order valence-corrected chi connectivity index (χ1v) is 8.11. The minimum atomic E-state index is -4.31. The molecule has 2 nitrogen and oxygen atoms in total. The third-order valence-corrected chi connectivity index (χ3v) is 4.13. The molecule has 0 aromatic heterocycles. The predicted octanol–water partition coefficient (Wildman–Crippen LogP) is 5.10. The minimum Gasteiger partial charge on any atom is -0.360 e. The van der Waals surface area contributed by atoms with Gasteiger partial charge in [-0.15, -0.1) is 0 Å². The Balaban J connectivity index is 1.85. The van der Waals surface area contributed by atoms with E-state index in [0.717, 1.165) is 25.0 Å². The van der Waals surface area contributed by atoms with Gasteiger partial charge in [-0.1, -0.05) is 32.1 Å². The van der Waals surface area contributed by atoms with Crippen LogP contribution in [0.3, 0.4) is 0 Å². The fourth-order valence-electron chi connectivity index (χ4n) is 2.70. The van der Waals surface area contributed by atoms with Gasteiger partial charge < -0.3 is 10.6 Å². The molecule has 0 saturated heterocycles. The molecule has 0 bridgehead atoms. The lowest BCUT2D eigenvalue weighted by Gasteiger charge is -2.23. The van der Waals surface area contributed by atoms with Gasteiger partial charge in [-0.2, -0.15) is 13.2 Å². The third kappa shape index (κ3) is 5.48. The second-order valence-corrected chi connectivity index (χ2v) is 6.12. The maximum Gasteiger partial charge on any atom is 0.416 e. The van der Waals surface area contributed by atoms with Gasteiger partial charge in [0, 0.05) is 11.7 Å². The molecule has 0 atom stereocenters. The van der Waals surface area contributed by atoms with E-state index in [0.29, 0.717) is 16.8 Å². The van der Waals surface area contributed by atoms with Crippen LogP contribution < -0.4 is 10.6 Å². The van der Waals surface area contributed by atoms with Crippen molar-refractivity contribution in [2.24, 2.45) is 0 Å². The Hall–Kier alpha value is -1.30. The number of hydrogen-bond acceptors (Lipinski definition) is 1. The van der Waals surface area contributed by atoms with Crippen LogP contribution >= 0.6 is 12.2 Å². The third-order valence-electron chi connectivity index (χ3n) is 3.91. The summed E-state index contributed by atoms with van der Waals surface area (Å²) in [5.41, 5.74) is -0.0895. The first-order chi connectivity index (χ1) is 10.4. The van der Waals surface area contributed by atoms with E-state index >= 15 is 0 Å². The maximum absolute atomic E-state index is 12.5. The van der Waals surface area contributed by atoms with Gasteiger partial charge in [-0.3, -0.25) is 0 Å². The molecule has 6 heteroatoms. The molecule has 0 radical (unpaired) electrons. The predicted molar refractivity (Wildman–Crippen MR) is 86.9 cm³/mol. The zero-order chi connectivity index (χ0) is 16.0. The summed E-state index contributed by atoms with van der Waals surface area (Å²) in [7, 11) is 0. The van der Waals surface area contributed by atoms with E-state index in [1.807, 2.05) is 0 Å². The number of hydrogen-bond donors (Lipinski definition) is 2. The van der Waals surface area contributed by atoms with Crippen LogP contribution in [0.15, 0.2) is 24.3 Å². The number of thiocarbonyl (C=S) groups is 1. The smallest absolute Gasteiger partial charge is 0.360 e. The van der Waals surface area contributed by atoms with Crippen molar-refractivity contribution in [2.75, 3.05) is 5.32 Å². The molecule has 22 heavy (non-hydrogen) atoms. The Labute approximate surface area is 134 Å². The zero-order valence-electron chi connectivity index (χ0n) is 12.4. The lowest BCUT2D eigenvalue weighted by atomic mass is 9.97. The summed E-state index contributed by atoms with van der Waals surface area (Å²) in [6.07, 6.45) is 4.09. The molecule has 1 aromatic carbocycles. The summed E-state index contributed by atoms with van der Waals surface area (Å²) in [6, 6.07) is 5.26. The van der Waals surface area contributed by atoms with Crippen molar-refractivity contribution in [2.45, 2.75) is 57.2 Å². The minimum absolute atomic E-state index is 0.356. The van der Waals surface area contributed by atoms with Gasteiger partial charge >= 0.3 is 6.18 Å². The van der Waals surface area contributed by atoms with Crippen LogP contribution in [0.4, 0.5) is 18.9 Å². The highest BCUT2D eigenvalue weighted by molar-refractivity contribution is 7.80. The monoisotopic (exact) mass is 330 g/mol. The Morgan fingerprint density at radius 2 is 1.50 bits per heavy atom. The van der Waals surface area contributed by atoms with E-state index in [1.54, 1.807) is 0 Å². The molecule has 1 aromatic rings. The highest BCUT2D eigenvalue weighted by Crippen LogP contribution is 2.29. The Bertz CT molecular complexity index is 477. The second-order valence-electron chi connectivity index (χ2n) is 5.72. The normalized spacial score (nSPS) is 17.4. The van der Waals surface area contributed by atoms with E-state index in [4.69, 9.17) is 12.2 Å². The highest BCUT2D eigenvalue weighted by atomic mass is 32.1. The molecule has 0 aliphatic heterocycles. The first-order valence-electron chi connectivity index (χ1n) is 7.70. The second kappa shape index (κ2) is 7.81. The van der Waals surface area contributed by atoms with Gasteiger partial charge in [0.1, 0.15) is 0 Å². The number of halogens is 3. The summed E-state index contributed by atoms with van der Waals surface area (Å²) in [6.45, 7) is 0. The standard InChI is InChI=1S/C16H21F3N2S/c17-16(18,19)12-8-10-14(11-9-12)21-15(22)20-13-6-4-2-1-3-5-7-13/h8-11,13H,1-7H2,(H2,20,21,22). The number of rotatable bonds is 2. The summed E-state index contributed by atoms with van der Waals surface area (Å²) >= 11 is 5.26. The van der Waals surface area contributed by atoms with Crippen molar-refractivity contribution in [3.05, 3.63) is 29.8 Å². The van der Waals surface area contributed by atoms with E-state index in [9.17, 15) is 13.2 Å². The van der Waals surface area contributed by atoms with Crippen LogP contribution in [0.5, 0.6) is 0 Å². The molecule has 0 spiro atoms. The average molecular weight is 330 g/mol. The zero-order valence-corrected chi connectivity index (χ0v) is 13.2. The van der Waals surface area contributed by atoms with Crippen LogP contribution in [-0.2, 0) is 6.18 Å². The van der Waals surface area contributed by atoms with Gasteiger partial charge in [-0.25, -0.2) is 0 Å². The van der Waals surface area contributed by atoms with Crippen molar-refractivity contribution in [3.8, 4) is 0 Å². The van der Waals surface area contributed by atoms with Gasteiger partial charge in [0.15, 0.2) is 5.11 Å². The quantitative estimate of drug-likeness (QED) is 0.737. The molecule has 1 aliphatic rings. The molecular weight excluding hydrogens is 309 g/mol. The molecule has 0 unspecified atom stereocenters. The van der Waals surface area contributed by atoms with Gasteiger partial charge in [0.2, 0.25) is 0 Å². The van der Waals surface area contributed by atoms with Crippen molar-refractivity contribution in [3.63, 3.8) is 0 Å². The number of nitrogens with one attached hydrogen (secondary N) is 2. The molecule has 1 saturated carbocycles. The van der Waals surface area contributed by atoms with Crippen LogP contribution in [-0.4, -0.2) is 11.2 Å². The van der Waals surface area contributed by atoms with Gasteiger partial charge in [0.05, 0.1) is 5.56 Å². The van der Waals surface area contributed by atoms with Gasteiger partial charge in [-0.05, 0) is 49.3 Å². The first kappa shape index (κ1) is 17.1. The van der Waals surface area contributed by atoms with E-state index in [-0.39, 0.29) is 0 Å². The number of alkyl halides is 3. The van der Waals surface area contributed by atoms with Crippen LogP contribution in [0.25, 0.3) is 0 Å². The molecule has 2 N–H and O–H groups in total. The van der Waals surface area contributed by atoms with Crippen LogP contribution in [0.1, 0.15) is 50.5 Å². The summed E-state index contributed by atoms with van der Waals surface area (Å²) in [4.78, 5) is 0. The highest BCUT2D eigenvalue weighted by Gasteiger charge is 2.29. The fourth-order valence-corrected chi connectivity index (χ4v) is 2.98. The molecular formula is C16H21F3N2S. The molecule has 0 heterocycles. The van der Waals surface area contributed by atoms with Crippen LogP contribution in [0.2, 0.25) is 0 Å². The van der Waals surface area contributed by atoms with Crippen molar-refractivity contribution < 1.29 is 13.2 Å². The fraction of sp³-hybridized carbons (Fsp3) is 0.562. The van der Waals surface area contributed by atoms with Crippen LogP contribution in [0, 0.1) is 0 Å². The molecule has 1 fully saturated rings. The average Bonchev–Trinajstić information content (AvgIpc) is 2.41. The van der Waals surface area contributed by atoms with E-state index in [1.165, 1.54) is 44.2 Å². The van der Waals surface area contributed by atoms with E-state index in [2.05, 4.69) is 10.6 Å². The molecule has 0 amide bonds. The SMILES string of the molecule is FC(F)(F)c1ccc(NC(=S)NC2CCCCCCC2)cc1. The molecule has 122 valence electrons. The Kier molecular flexibility index (Phi) is 6.06. The van der Waals surface area contributed by atoms with Gasteiger partial charge in [0.25, 0.3) is 0 Å². The Morgan fingerprint density at radius 3 is 2.05 bits per heavy atom. The number of anilines is 1. The van der Waals surface area contributed by atoms with Crippen molar-refractivity contribution in [1.29, 1.82) is 0 Å². The summed E-state index contributed by atoms with van der Waals surface area (Å²) < 4.78 is 37.5. The largest absolute Gasteiger partial charge is 0.416 e. The number of benzene rings is 1. The summed E-state index contributed by atoms with van der Waals surface area (Å²) in [5.74, 6) is 0. The lowest BCUT2D eigenvalue weighted by molar-refractivity contribution is -0.137. The Morgan fingerprint density at radius 1 is 0.955 bits per heavy atom. The topological polar surface area (TPSA) is 24.1 Å². The molecule has 2 rings (SSSR count). The lowest BCUT2D eigenvalue weighted by Crippen LogP contribution is -2.38. The summed E-state index contributed by atoms with van der Waals surface area (Å²) in [5, 5.41) is 6.71. The van der Waals surface area contributed by atoms with E-state index < -0.39 is 11.7 Å². The maximum atomic E-state index is 12.5. The van der Waals surface area contributed by atoms with Crippen molar-refractivity contribution in [1.82, 2.24) is 5.32 Å².